The van der Waals surface area contributed by atoms with E-state index in [9.17, 15) is 4.79 Å². The lowest BCUT2D eigenvalue weighted by molar-refractivity contribution is 0.0947. The monoisotopic (exact) mass is 404 g/mol. The number of piperazine rings is 1. The molecule has 1 heterocycles. The molecular formula is C20H22Cl2N4O. The van der Waals surface area contributed by atoms with Crippen molar-refractivity contribution >= 4 is 29.9 Å². The summed E-state index contributed by atoms with van der Waals surface area (Å²) in [5.41, 5.74) is 2.96. The normalized spacial score (nSPS) is 14.1. The Balaban J connectivity index is 0.00000261. The van der Waals surface area contributed by atoms with Crippen LogP contribution in [-0.2, 0) is 0 Å². The first kappa shape index (κ1) is 21.2. The van der Waals surface area contributed by atoms with E-state index in [0.29, 0.717) is 22.7 Å². The Morgan fingerprint density at radius 1 is 1.15 bits per heavy atom. The van der Waals surface area contributed by atoms with Crippen molar-refractivity contribution in [1.82, 2.24) is 15.5 Å². The molecule has 0 aliphatic carbocycles. The van der Waals surface area contributed by atoms with Gasteiger partial charge in [-0.1, -0.05) is 29.8 Å². The molecule has 1 aliphatic heterocycles. The lowest BCUT2D eigenvalue weighted by Crippen LogP contribution is -2.46. The molecule has 0 bridgehead atoms. The third-order valence-corrected chi connectivity index (χ3v) is 4.81. The molecule has 1 amide bonds. The van der Waals surface area contributed by atoms with Crippen LogP contribution < -0.4 is 10.6 Å². The molecule has 142 valence electrons. The highest BCUT2D eigenvalue weighted by Crippen LogP contribution is 2.25. The summed E-state index contributed by atoms with van der Waals surface area (Å²) in [7, 11) is 0. The van der Waals surface area contributed by atoms with Crippen molar-refractivity contribution in [3.8, 4) is 17.2 Å². The number of hydrogen-bond acceptors (Lipinski definition) is 4. The number of hydrogen-bond donors (Lipinski definition) is 2. The summed E-state index contributed by atoms with van der Waals surface area (Å²) < 4.78 is 0. The molecule has 0 atom stereocenters. The van der Waals surface area contributed by atoms with Crippen LogP contribution in [0.2, 0.25) is 5.02 Å². The first-order valence-electron chi connectivity index (χ1n) is 8.69. The standard InChI is InChI=1S/C20H21ClN4O.ClH/c21-19-13-17(5-6-18(19)14-22)15-1-3-16(4-2-15)20(26)24-9-12-25-10-7-23-8-11-25;/h1-6,13,23H,7-12H2,(H,24,26);1H. The van der Waals surface area contributed by atoms with Gasteiger partial charge in [0.1, 0.15) is 6.07 Å². The molecule has 2 aromatic rings. The number of halogens is 2. The van der Waals surface area contributed by atoms with Crippen molar-refractivity contribution in [3.05, 3.63) is 58.6 Å². The van der Waals surface area contributed by atoms with E-state index in [0.717, 1.165) is 43.9 Å². The van der Waals surface area contributed by atoms with Gasteiger partial charge in [0.25, 0.3) is 5.91 Å². The van der Waals surface area contributed by atoms with Gasteiger partial charge in [0.2, 0.25) is 0 Å². The fraction of sp³-hybridized carbons (Fsp3) is 0.300. The van der Waals surface area contributed by atoms with Crippen molar-refractivity contribution in [2.75, 3.05) is 39.3 Å². The Labute approximate surface area is 170 Å². The zero-order valence-corrected chi connectivity index (χ0v) is 16.4. The minimum atomic E-state index is -0.0652. The Kier molecular flexibility index (Phi) is 8.08. The second kappa shape index (κ2) is 10.3. The summed E-state index contributed by atoms with van der Waals surface area (Å²) in [4.78, 5) is 14.6. The van der Waals surface area contributed by atoms with E-state index in [1.807, 2.05) is 36.4 Å². The summed E-state index contributed by atoms with van der Waals surface area (Å²) in [5, 5.41) is 15.7. The molecule has 3 rings (SSSR count). The molecule has 0 saturated carbocycles. The van der Waals surface area contributed by atoms with Gasteiger partial charge in [-0.05, 0) is 35.4 Å². The Morgan fingerprint density at radius 2 is 1.81 bits per heavy atom. The average Bonchev–Trinajstić information content (AvgIpc) is 2.69. The first-order chi connectivity index (χ1) is 12.7. The van der Waals surface area contributed by atoms with Crippen LogP contribution in [0, 0.1) is 11.3 Å². The molecule has 5 nitrogen and oxygen atoms in total. The molecular weight excluding hydrogens is 383 g/mol. The fourth-order valence-corrected chi connectivity index (χ4v) is 3.19. The Morgan fingerprint density at radius 3 is 2.44 bits per heavy atom. The number of benzene rings is 2. The highest BCUT2D eigenvalue weighted by molar-refractivity contribution is 6.32. The molecule has 0 radical (unpaired) electrons. The van der Waals surface area contributed by atoms with Crippen molar-refractivity contribution < 1.29 is 4.79 Å². The van der Waals surface area contributed by atoms with E-state index in [1.54, 1.807) is 12.1 Å². The van der Waals surface area contributed by atoms with Crippen molar-refractivity contribution in [2.24, 2.45) is 0 Å². The van der Waals surface area contributed by atoms with E-state index in [4.69, 9.17) is 16.9 Å². The zero-order chi connectivity index (χ0) is 18.4. The summed E-state index contributed by atoms with van der Waals surface area (Å²) in [6.45, 7) is 5.58. The number of carbonyl (C=O) groups excluding carboxylic acids is 1. The predicted molar refractivity (Wildman–Crippen MR) is 110 cm³/mol. The Hall–Kier alpha value is -2.10. The van der Waals surface area contributed by atoms with E-state index in [-0.39, 0.29) is 18.3 Å². The molecule has 2 N–H and O–H groups in total. The number of nitrogens with one attached hydrogen (secondary N) is 2. The quantitative estimate of drug-likeness (QED) is 0.803. The zero-order valence-electron chi connectivity index (χ0n) is 14.9. The molecule has 2 aromatic carbocycles. The SMILES string of the molecule is Cl.N#Cc1ccc(-c2ccc(C(=O)NCCN3CCNCC3)cc2)cc1Cl. The predicted octanol–water partition coefficient (Wildman–Crippen LogP) is 2.94. The van der Waals surface area contributed by atoms with Crippen LogP contribution in [0.25, 0.3) is 11.1 Å². The van der Waals surface area contributed by atoms with E-state index >= 15 is 0 Å². The minimum Gasteiger partial charge on any atom is -0.351 e. The van der Waals surface area contributed by atoms with Gasteiger partial charge >= 0.3 is 0 Å². The topological polar surface area (TPSA) is 68.2 Å². The number of amides is 1. The van der Waals surface area contributed by atoms with Gasteiger partial charge in [-0.15, -0.1) is 12.4 Å². The summed E-state index contributed by atoms with van der Waals surface area (Å²) >= 11 is 6.09. The smallest absolute Gasteiger partial charge is 0.251 e. The van der Waals surface area contributed by atoms with E-state index in [2.05, 4.69) is 15.5 Å². The number of nitriles is 1. The van der Waals surface area contributed by atoms with Gasteiger partial charge in [0, 0.05) is 44.8 Å². The van der Waals surface area contributed by atoms with Gasteiger partial charge in [-0.3, -0.25) is 9.69 Å². The largest absolute Gasteiger partial charge is 0.351 e. The van der Waals surface area contributed by atoms with Gasteiger partial charge in [0.05, 0.1) is 10.6 Å². The lowest BCUT2D eigenvalue weighted by atomic mass is 10.0. The maximum Gasteiger partial charge on any atom is 0.251 e. The molecule has 27 heavy (non-hydrogen) atoms. The molecule has 0 aromatic heterocycles. The van der Waals surface area contributed by atoms with Crippen molar-refractivity contribution in [2.45, 2.75) is 0 Å². The highest BCUT2D eigenvalue weighted by Gasteiger charge is 2.10. The molecule has 7 heteroatoms. The number of carbonyl (C=O) groups is 1. The van der Waals surface area contributed by atoms with Crippen molar-refractivity contribution in [1.29, 1.82) is 5.26 Å². The highest BCUT2D eigenvalue weighted by atomic mass is 35.5. The van der Waals surface area contributed by atoms with Crippen LogP contribution >= 0.6 is 24.0 Å². The third-order valence-electron chi connectivity index (χ3n) is 4.49. The Bertz CT molecular complexity index is 812. The second-order valence-electron chi connectivity index (χ2n) is 6.23. The van der Waals surface area contributed by atoms with Gasteiger partial charge < -0.3 is 10.6 Å². The van der Waals surface area contributed by atoms with E-state index < -0.39 is 0 Å². The van der Waals surface area contributed by atoms with E-state index in [1.165, 1.54) is 0 Å². The van der Waals surface area contributed by atoms with Crippen LogP contribution in [-0.4, -0.2) is 50.1 Å². The van der Waals surface area contributed by atoms with Crippen LogP contribution in [0.3, 0.4) is 0 Å². The van der Waals surface area contributed by atoms with Gasteiger partial charge in [-0.25, -0.2) is 0 Å². The molecule has 1 saturated heterocycles. The van der Waals surface area contributed by atoms with Gasteiger partial charge in [0.15, 0.2) is 0 Å². The van der Waals surface area contributed by atoms with Crippen LogP contribution in [0.15, 0.2) is 42.5 Å². The first-order valence-corrected chi connectivity index (χ1v) is 9.06. The molecule has 1 fully saturated rings. The van der Waals surface area contributed by atoms with Gasteiger partial charge in [-0.2, -0.15) is 5.26 Å². The van der Waals surface area contributed by atoms with Crippen LogP contribution in [0.4, 0.5) is 0 Å². The van der Waals surface area contributed by atoms with Crippen LogP contribution in [0.5, 0.6) is 0 Å². The molecule has 1 aliphatic rings. The minimum absolute atomic E-state index is 0. The molecule has 0 unspecified atom stereocenters. The third kappa shape index (κ3) is 5.69. The molecule has 0 spiro atoms. The number of nitrogens with zero attached hydrogens (tertiary/aromatic N) is 2. The fourth-order valence-electron chi connectivity index (χ4n) is 2.96. The maximum atomic E-state index is 12.3. The number of rotatable bonds is 5. The maximum absolute atomic E-state index is 12.3. The second-order valence-corrected chi connectivity index (χ2v) is 6.64. The average molecular weight is 405 g/mol. The summed E-state index contributed by atoms with van der Waals surface area (Å²) in [5.74, 6) is -0.0652. The lowest BCUT2D eigenvalue weighted by Gasteiger charge is -2.27. The van der Waals surface area contributed by atoms with Crippen LogP contribution in [0.1, 0.15) is 15.9 Å². The summed E-state index contributed by atoms with van der Waals surface area (Å²) in [6, 6.07) is 14.8. The van der Waals surface area contributed by atoms with Crippen molar-refractivity contribution in [3.63, 3.8) is 0 Å². The summed E-state index contributed by atoms with van der Waals surface area (Å²) in [6.07, 6.45) is 0.